The molecular weight excluding hydrogens is 892 g/mol. The minimum atomic E-state index is -5.18. The molecule has 1 heterocycles. The maximum Gasteiger partial charge on any atom is 0.296 e. The Morgan fingerprint density at radius 2 is 1.21 bits per heavy atom. The lowest BCUT2D eigenvalue weighted by Gasteiger charge is -2.13. The average molecular weight is 914 g/mol. The molecule has 5 aromatic carbocycles. The molecular formula is C31H22Cl2N8O13S4. The molecule has 0 atom stereocenters. The predicted octanol–water partition coefficient (Wildman–Crippen LogP) is 7.36. The second-order valence-corrected chi connectivity index (χ2v) is 18.0. The number of nitrogens with one attached hydrogen (secondary N) is 1. The number of nitrogens with zero attached hydrogens (tertiary/aromatic N) is 7. The van der Waals surface area contributed by atoms with Crippen LogP contribution in [0.1, 0.15) is 5.56 Å². The van der Waals surface area contributed by atoms with Crippen molar-refractivity contribution in [2.24, 2.45) is 20.5 Å². The van der Waals surface area contributed by atoms with Gasteiger partial charge in [0.2, 0.25) is 16.5 Å². The van der Waals surface area contributed by atoms with Gasteiger partial charge in [-0.2, -0.15) is 53.7 Å². The van der Waals surface area contributed by atoms with Crippen LogP contribution in [0.3, 0.4) is 0 Å². The number of aryl methyl sites for hydroxylation is 1. The van der Waals surface area contributed by atoms with E-state index in [-0.39, 0.29) is 55.8 Å². The standard InChI is InChI=1S/C31H22Cl2N8O13S4/c1-14-8-22(40-38-19-6-7-20(34-31-36-29(32)35-30(33)37-31)28-17(19)4-3-5-25(28)56(45,46)47)24(54-2)13-21(14)39-41-23-12-18-15(10-27(23)58(51,52)53)9-16(55(42,43)44)11-26(18)57(48,49)50/h3-13H,1-2H3,(H,42,43,44)(H,45,46,47)(H,48,49,50)(H,51,52,53)(H,34,35,36,37). The van der Waals surface area contributed by atoms with Gasteiger partial charge in [-0.1, -0.05) is 12.1 Å². The summed E-state index contributed by atoms with van der Waals surface area (Å²) in [6.45, 7) is 1.54. The largest absolute Gasteiger partial charge is 0.494 e. The first-order valence-electron chi connectivity index (χ1n) is 15.4. The smallest absolute Gasteiger partial charge is 0.296 e. The molecule has 58 heavy (non-hydrogen) atoms. The second kappa shape index (κ2) is 15.4. The number of hydrogen-bond donors (Lipinski definition) is 5. The van der Waals surface area contributed by atoms with Crippen LogP contribution in [0.15, 0.2) is 107 Å². The van der Waals surface area contributed by atoms with Crippen molar-refractivity contribution in [1.82, 2.24) is 15.0 Å². The Morgan fingerprint density at radius 1 is 0.603 bits per heavy atom. The van der Waals surface area contributed by atoms with Crippen LogP contribution in [0.2, 0.25) is 10.6 Å². The monoisotopic (exact) mass is 912 g/mol. The molecule has 0 radical (unpaired) electrons. The van der Waals surface area contributed by atoms with Gasteiger partial charge in [-0.05, 0) is 89.6 Å². The summed E-state index contributed by atoms with van der Waals surface area (Å²) < 4.78 is 142. The lowest BCUT2D eigenvalue weighted by atomic mass is 10.1. The van der Waals surface area contributed by atoms with Gasteiger partial charge >= 0.3 is 0 Å². The first kappa shape index (κ1) is 42.3. The molecule has 0 saturated carbocycles. The second-order valence-electron chi connectivity index (χ2n) is 11.7. The molecule has 0 aliphatic heterocycles. The van der Waals surface area contributed by atoms with E-state index in [0.29, 0.717) is 23.8 Å². The van der Waals surface area contributed by atoms with E-state index in [2.05, 4.69) is 40.7 Å². The molecule has 0 aliphatic rings. The SMILES string of the molecule is COc1cc(N=Nc2cc3c(S(=O)(=O)O)cc(S(=O)(=O)O)cc3cc2S(=O)(=O)O)c(C)cc1N=Nc1ccc(Nc2nc(Cl)nc(Cl)n2)c2c(S(=O)(=O)O)cccc12. The van der Waals surface area contributed by atoms with Gasteiger partial charge in [0, 0.05) is 22.2 Å². The molecule has 0 amide bonds. The van der Waals surface area contributed by atoms with Crippen molar-refractivity contribution in [3.63, 3.8) is 0 Å². The Hall–Kier alpha value is -5.35. The summed E-state index contributed by atoms with van der Waals surface area (Å²) in [6.07, 6.45) is 0. The van der Waals surface area contributed by atoms with Crippen molar-refractivity contribution in [1.29, 1.82) is 0 Å². The topological polar surface area (TPSA) is 327 Å². The fraction of sp³-hybridized carbons (Fsp3) is 0.0645. The summed E-state index contributed by atoms with van der Waals surface area (Å²) in [5.74, 6) is -0.108. The first-order chi connectivity index (χ1) is 26.9. The average Bonchev–Trinajstić information content (AvgIpc) is 3.11. The number of rotatable bonds is 11. The highest BCUT2D eigenvalue weighted by Gasteiger charge is 2.25. The molecule has 0 spiro atoms. The van der Waals surface area contributed by atoms with Gasteiger partial charge in [-0.15, -0.1) is 15.3 Å². The van der Waals surface area contributed by atoms with Crippen molar-refractivity contribution in [3.8, 4) is 5.75 Å². The van der Waals surface area contributed by atoms with Crippen LogP contribution in [0.5, 0.6) is 5.75 Å². The van der Waals surface area contributed by atoms with Gasteiger partial charge in [-0.25, -0.2) is 0 Å². The minimum absolute atomic E-state index is 0.0334. The zero-order valence-corrected chi connectivity index (χ0v) is 33.6. The summed E-state index contributed by atoms with van der Waals surface area (Å²) in [5, 5.41) is 18.0. The molecule has 6 rings (SSSR count). The lowest BCUT2D eigenvalue weighted by Crippen LogP contribution is -2.05. The van der Waals surface area contributed by atoms with E-state index in [1.165, 1.54) is 50.4 Å². The third kappa shape index (κ3) is 9.02. The summed E-state index contributed by atoms with van der Waals surface area (Å²) in [4.78, 5) is 8.00. The zero-order chi connectivity index (χ0) is 42.5. The van der Waals surface area contributed by atoms with Crippen molar-refractivity contribution < 1.29 is 56.6 Å². The lowest BCUT2D eigenvalue weighted by molar-refractivity contribution is 0.416. The number of fused-ring (bicyclic) bond motifs is 2. The fourth-order valence-electron chi connectivity index (χ4n) is 5.46. The Labute approximate surface area is 337 Å². The van der Waals surface area contributed by atoms with Crippen LogP contribution in [-0.4, -0.2) is 73.9 Å². The number of ether oxygens (including phenoxy) is 1. The summed E-state index contributed by atoms with van der Waals surface area (Å²) in [6, 6.07) is 12.3. The maximum atomic E-state index is 12.4. The molecule has 21 nitrogen and oxygen atoms in total. The van der Waals surface area contributed by atoms with E-state index in [9.17, 15) is 51.9 Å². The normalized spacial score (nSPS) is 12.9. The number of methoxy groups -OCH3 is 1. The van der Waals surface area contributed by atoms with Crippen molar-refractivity contribution >= 4 is 120 Å². The Bertz CT molecular complexity index is 3220. The van der Waals surface area contributed by atoms with Gasteiger partial charge in [0.05, 0.1) is 29.1 Å². The maximum absolute atomic E-state index is 12.4. The van der Waals surface area contributed by atoms with Crippen molar-refractivity contribution in [3.05, 3.63) is 82.9 Å². The van der Waals surface area contributed by atoms with Crippen LogP contribution in [0, 0.1) is 6.92 Å². The minimum Gasteiger partial charge on any atom is -0.494 e. The van der Waals surface area contributed by atoms with Crippen LogP contribution in [0.4, 0.5) is 34.4 Å². The first-order valence-corrected chi connectivity index (χ1v) is 21.9. The van der Waals surface area contributed by atoms with Crippen LogP contribution >= 0.6 is 23.2 Å². The number of anilines is 2. The molecule has 27 heteroatoms. The van der Waals surface area contributed by atoms with E-state index >= 15 is 0 Å². The van der Waals surface area contributed by atoms with Gasteiger partial charge < -0.3 is 10.1 Å². The van der Waals surface area contributed by atoms with E-state index in [0.717, 1.165) is 12.1 Å². The third-order valence-electron chi connectivity index (χ3n) is 7.93. The highest BCUT2D eigenvalue weighted by Crippen LogP contribution is 2.41. The van der Waals surface area contributed by atoms with Crippen molar-refractivity contribution in [2.45, 2.75) is 26.5 Å². The molecule has 1 aromatic heterocycles. The van der Waals surface area contributed by atoms with Gasteiger partial charge in [-0.3, -0.25) is 18.2 Å². The number of halogens is 2. The van der Waals surface area contributed by atoms with E-state index in [1.807, 2.05) is 0 Å². The predicted molar refractivity (Wildman–Crippen MR) is 206 cm³/mol. The Balaban J connectivity index is 1.43. The number of hydrogen-bond acceptors (Lipinski definition) is 17. The van der Waals surface area contributed by atoms with Crippen molar-refractivity contribution in [2.75, 3.05) is 12.4 Å². The summed E-state index contributed by atoms with van der Waals surface area (Å²) >= 11 is 11.8. The molecule has 0 bridgehead atoms. The highest BCUT2D eigenvalue weighted by atomic mass is 35.5. The van der Waals surface area contributed by atoms with Gasteiger partial charge in [0.15, 0.2) is 0 Å². The number of benzene rings is 5. The molecule has 0 saturated heterocycles. The quantitative estimate of drug-likeness (QED) is 0.0625. The molecule has 0 aliphatic carbocycles. The van der Waals surface area contributed by atoms with Crippen LogP contribution < -0.4 is 10.1 Å². The van der Waals surface area contributed by atoms with E-state index in [1.54, 1.807) is 0 Å². The number of aromatic nitrogens is 3. The summed E-state index contributed by atoms with van der Waals surface area (Å²) in [7, 11) is -18.9. The fourth-order valence-corrected chi connectivity index (χ4v) is 8.54. The van der Waals surface area contributed by atoms with Gasteiger partial charge in [0.1, 0.15) is 31.8 Å². The van der Waals surface area contributed by atoms with E-state index in [4.69, 9.17) is 27.9 Å². The van der Waals surface area contributed by atoms with E-state index < -0.39 is 76.5 Å². The molecule has 0 unspecified atom stereocenters. The van der Waals surface area contributed by atoms with Crippen LogP contribution in [-0.2, 0) is 40.5 Å². The molecule has 0 fully saturated rings. The zero-order valence-electron chi connectivity index (χ0n) is 28.8. The molecule has 5 N–H and O–H groups in total. The highest BCUT2D eigenvalue weighted by molar-refractivity contribution is 7.87. The Morgan fingerprint density at radius 3 is 1.81 bits per heavy atom. The van der Waals surface area contributed by atoms with Gasteiger partial charge in [0.25, 0.3) is 40.5 Å². The molecule has 302 valence electrons. The third-order valence-corrected chi connectivity index (χ3v) is 11.8. The number of azo groups is 2. The summed E-state index contributed by atoms with van der Waals surface area (Å²) in [5.41, 5.74) is 0.0411. The Kier molecular flexibility index (Phi) is 11.2. The molecule has 6 aromatic rings. The van der Waals surface area contributed by atoms with Crippen LogP contribution in [0.25, 0.3) is 21.5 Å².